The van der Waals surface area contributed by atoms with Crippen LogP contribution in [0, 0.1) is 0 Å². The van der Waals surface area contributed by atoms with Crippen LogP contribution in [0.2, 0.25) is 10.4 Å². The van der Waals surface area contributed by atoms with Crippen LogP contribution in [0.5, 0.6) is 0 Å². The van der Waals surface area contributed by atoms with Gasteiger partial charge in [-0.1, -0.05) is 43.5 Å². The molecule has 0 aliphatic carbocycles. The molecule has 2 heterocycles. The number of nitrogens with zero attached hydrogens (tertiary/aromatic N) is 2. The summed E-state index contributed by atoms with van der Waals surface area (Å²) in [6.07, 6.45) is 0. The highest BCUT2D eigenvalue weighted by molar-refractivity contribution is 9.10. The summed E-state index contributed by atoms with van der Waals surface area (Å²) >= 11 is 18.1. The Kier molecular flexibility index (Phi) is 5.76. The fourth-order valence-corrected chi connectivity index (χ4v) is 3.35. The zero-order valence-corrected chi connectivity index (χ0v) is 17.4. The van der Waals surface area contributed by atoms with Gasteiger partial charge in [0.05, 0.1) is 16.4 Å². The van der Waals surface area contributed by atoms with Gasteiger partial charge in [-0.05, 0) is 48.0 Å². The zero-order chi connectivity index (χ0) is 18.8. The number of rotatable bonds is 0. The number of aromatic amines is 2. The molecule has 4 aromatic rings. The molecule has 0 aliphatic rings. The number of halogens is 4. The maximum absolute atomic E-state index is 11.3. The summed E-state index contributed by atoms with van der Waals surface area (Å²) < 4.78 is 1.74. The maximum atomic E-state index is 11.3. The number of nitrogens with one attached hydrogen (secondary N) is 2. The Morgan fingerprint density at radius 1 is 0.846 bits per heavy atom. The summed E-state index contributed by atoms with van der Waals surface area (Å²) in [5.41, 5.74) is 0.421. The van der Waals surface area contributed by atoms with Crippen LogP contribution in [0.15, 0.2) is 54.9 Å². The molecule has 0 fully saturated rings. The number of benzene rings is 2. The second kappa shape index (κ2) is 7.87. The third kappa shape index (κ3) is 4.32. The van der Waals surface area contributed by atoms with Crippen molar-refractivity contribution in [2.24, 2.45) is 0 Å². The number of H-pyrrole nitrogens is 2. The molecule has 2 aromatic heterocycles. The molecule has 6 nitrogen and oxygen atoms in total. The molecule has 0 unspecified atom stereocenters. The monoisotopic (exact) mass is 516 g/mol. The number of fused-ring (bicyclic) bond motifs is 2. The normalized spacial score (nSPS) is 10.6. The minimum atomic E-state index is -0.486. The van der Waals surface area contributed by atoms with Gasteiger partial charge in [-0.3, -0.25) is 9.78 Å². The second-order valence-corrected chi connectivity index (χ2v) is 7.57. The van der Waals surface area contributed by atoms with Crippen molar-refractivity contribution < 1.29 is 0 Å². The predicted molar refractivity (Wildman–Crippen MR) is 110 cm³/mol. The highest BCUT2D eigenvalue weighted by atomic mass is 79.9. The Bertz CT molecular complexity index is 1240. The minimum Gasteiger partial charge on any atom is -0.307 e. The lowest BCUT2D eigenvalue weighted by Gasteiger charge is -1.99. The first-order chi connectivity index (χ1) is 12.3. The van der Waals surface area contributed by atoms with E-state index in [9.17, 15) is 9.59 Å². The topological polar surface area (TPSA) is 91.5 Å². The van der Waals surface area contributed by atoms with Crippen molar-refractivity contribution in [3.05, 3.63) is 76.6 Å². The van der Waals surface area contributed by atoms with Crippen LogP contribution >= 0.6 is 55.1 Å². The Balaban J connectivity index is 0.000000151. The molecule has 0 spiro atoms. The fourth-order valence-electron chi connectivity index (χ4n) is 2.17. The van der Waals surface area contributed by atoms with E-state index in [1.807, 2.05) is 18.2 Å². The van der Waals surface area contributed by atoms with Crippen molar-refractivity contribution in [3.8, 4) is 0 Å². The van der Waals surface area contributed by atoms with E-state index in [0.717, 1.165) is 19.8 Å². The Labute approximate surface area is 172 Å². The Morgan fingerprint density at radius 2 is 1.50 bits per heavy atom. The van der Waals surface area contributed by atoms with Gasteiger partial charge in [0.2, 0.25) is 5.28 Å². The van der Waals surface area contributed by atoms with Crippen LogP contribution in [-0.4, -0.2) is 19.9 Å². The summed E-state index contributed by atoms with van der Waals surface area (Å²) in [6.45, 7) is 0. The molecule has 0 amide bonds. The van der Waals surface area contributed by atoms with Gasteiger partial charge in [0.1, 0.15) is 5.15 Å². The lowest BCUT2D eigenvalue weighted by atomic mass is 10.2. The lowest BCUT2D eigenvalue weighted by Crippen LogP contribution is -2.21. The van der Waals surface area contributed by atoms with Crippen molar-refractivity contribution in [1.82, 2.24) is 19.9 Å². The largest absolute Gasteiger partial charge is 0.326 e. The van der Waals surface area contributed by atoms with E-state index in [0.29, 0.717) is 16.1 Å². The lowest BCUT2D eigenvalue weighted by molar-refractivity contribution is 1.08. The summed E-state index contributed by atoms with van der Waals surface area (Å²) in [7, 11) is 0. The fraction of sp³-hybridized carbons (Fsp3) is 0. The van der Waals surface area contributed by atoms with Gasteiger partial charge in [-0.25, -0.2) is 14.8 Å². The highest BCUT2D eigenvalue weighted by Crippen LogP contribution is 2.25. The molecule has 0 atom stereocenters. The predicted octanol–water partition coefficient (Wildman–Crippen LogP) is 4.68. The van der Waals surface area contributed by atoms with Crippen LogP contribution in [0.3, 0.4) is 0 Å². The van der Waals surface area contributed by atoms with Crippen LogP contribution in [0.4, 0.5) is 0 Å². The Hall–Kier alpha value is -1.74. The van der Waals surface area contributed by atoms with Gasteiger partial charge >= 0.3 is 5.69 Å². The van der Waals surface area contributed by atoms with Crippen LogP contribution in [0.1, 0.15) is 0 Å². The molecule has 10 heteroatoms. The number of aromatic nitrogens is 4. The van der Waals surface area contributed by atoms with Crippen LogP contribution in [0.25, 0.3) is 21.8 Å². The molecule has 0 saturated carbocycles. The van der Waals surface area contributed by atoms with Crippen LogP contribution in [-0.2, 0) is 0 Å². The van der Waals surface area contributed by atoms with Gasteiger partial charge in [-0.15, -0.1) is 0 Å². The quantitative estimate of drug-likeness (QED) is 0.261. The summed E-state index contributed by atoms with van der Waals surface area (Å²) in [5.74, 6) is 0. The first-order valence-corrected chi connectivity index (χ1v) is 9.38. The molecule has 0 aliphatic heterocycles. The molecule has 0 bridgehead atoms. The number of hydrogen-bond acceptors (Lipinski definition) is 4. The smallest absolute Gasteiger partial charge is 0.307 e. The molecule has 0 saturated heterocycles. The molecule has 0 radical (unpaired) electrons. The van der Waals surface area contributed by atoms with Gasteiger partial charge in [0.15, 0.2) is 0 Å². The SMILES string of the molecule is Clc1nc(Cl)c2cc(Br)ccc2n1.O=c1[nH]c(=O)c2cc(Br)ccc2[nH]1. The van der Waals surface area contributed by atoms with E-state index in [1.54, 1.807) is 18.2 Å². The molecular formula is C16H8Br2Cl2N4O2. The van der Waals surface area contributed by atoms with E-state index in [2.05, 4.69) is 51.8 Å². The van der Waals surface area contributed by atoms with Gasteiger partial charge in [0.25, 0.3) is 5.56 Å². The third-order valence-corrected chi connectivity index (χ3v) is 4.73. The van der Waals surface area contributed by atoms with E-state index in [1.165, 1.54) is 0 Å². The second-order valence-electron chi connectivity index (χ2n) is 5.04. The zero-order valence-electron chi connectivity index (χ0n) is 12.7. The summed E-state index contributed by atoms with van der Waals surface area (Å²) in [5, 5.41) is 1.80. The van der Waals surface area contributed by atoms with Crippen molar-refractivity contribution in [3.63, 3.8) is 0 Å². The van der Waals surface area contributed by atoms with Gasteiger partial charge in [-0.2, -0.15) is 0 Å². The number of hydrogen-bond donors (Lipinski definition) is 2. The van der Waals surface area contributed by atoms with Crippen molar-refractivity contribution in [1.29, 1.82) is 0 Å². The standard InChI is InChI=1S/C8H3BrCl2N2.C8H5BrN2O2/c9-4-1-2-6-5(3-4)7(10)13-8(11)12-6;9-4-1-2-6-5(3-4)7(12)11-8(13)10-6/h1-3H;1-3H,(H2,10,11,12,13). The van der Waals surface area contributed by atoms with Crippen molar-refractivity contribution >= 4 is 76.9 Å². The maximum Gasteiger partial charge on any atom is 0.326 e. The molecule has 2 N–H and O–H groups in total. The first kappa shape index (κ1) is 19.0. The average molecular weight is 519 g/mol. The van der Waals surface area contributed by atoms with Gasteiger partial charge < -0.3 is 4.98 Å². The molecule has 2 aromatic carbocycles. The van der Waals surface area contributed by atoms with E-state index in [-0.39, 0.29) is 10.8 Å². The molecule has 26 heavy (non-hydrogen) atoms. The van der Waals surface area contributed by atoms with Crippen LogP contribution < -0.4 is 11.2 Å². The first-order valence-electron chi connectivity index (χ1n) is 7.03. The summed E-state index contributed by atoms with van der Waals surface area (Å²) in [4.78, 5) is 34.7. The van der Waals surface area contributed by atoms with Crippen molar-refractivity contribution in [2.45, 2.75) is 0 Å². The van der Waals surface area contributed by atoms with E-state index in [4.69, 9.17) is 23.2 Å². The molecule has 132 valence electrons. The molecular weight excluding hydrogens is 511 g/mol. The van der Waals surface area contributed by atoms with Crippen molar-refractivity contribution in [2.75, 3.05) is 0 Å². The molecule has 4 rings (SSSR count). The Morgan fingerprint density at radius 3 is 2.23 bits per heavy atom. The minimum absolute atomic E-state index is 0.167. The van der Waals surface area contributed by atoms with E-state index >= 15 is 0 Å². The third-order valence-electron chi connectivity index (χ3n) is 3.29. The summed E-state index contributed by atoms with van der Waals surface area (Å²) in [6, 6.07) is 10.7. The highest BCUT2D eigenvalue weighted by Gasteiger charge is 2.04. The van der Waals surface area contributed by atoms with Gasteiger partial charge in [0, 0.05) is 14.3 Å². The average Bonchev–Trinajstić information content (AvgIpc) is 2.57. The van der Waals surface area contributed by atoms with E-state index < -0.39 is 5.69 Å².